The highest BCUT2D eigenvalue weighted by atomic mass is 79.9. The number of hydrogen-bond donors (Lipinski definition) is 2. The van der Waals surface area contributed by atoms with Crippen LogP contribution in [0.4, 0.5) is 0 Å². The Hall–Kier alpha value is -0.910. The molecule has 1 amide bonds. The van der Waals surface area contributed by atoms with Crippen molar-refractivity contribution in [3.05, 3.63) is 34.3 Å². The topological polar surface area (TPSA) is 64.3 Å². The van der Waals surface area contributed by atoms with Crippen LogP contribution in [-0.4, -0.2) is 12.0 Å². The fraction of sp³-hybridized carbons (Fsp3) is 0.417. The molecule has 1 atom stereocenters. The third kappa shape index (κ3) is 4.46. The molecular formula is C12H17BrN2O2. The Kier molecular flexibility index (Phi) is 5.61. The van der Waals surface area contributed by atoms with Gasteiger partial charge in [0, 0.05) is 4.47 Å². The Labute approximate surface area is 110 Å². The minimum atomic E-state index is -0.529. The normalized spacial score (nSPS) is 12.5. The van der Waals surface area contributed by atoms with Gasteiger partial charge in [0.25, 0.3) is 5.91 Å². The molecule has 0 spiro atoms. The number of carbonyl (C=O) groups is 1. The summed E-state index contributed by atoms with van der Waals surface area (Å²) in [5.74, 6) is 4.90. The van der Waals surface area contributed by atoms with Gasteiger partial charge in [0.2, 0.25) is 0 Å². The highest BCUT2D eigenvalue weighted by Crippen LogP contribution is 2.15. The van der Waals surface area contributed by atoms with Crippen LogP contribution < -0.4 is 11.3 Å². The molecule has 1 rings (SSSR count). The average molecular weight is 301 g/mol. The maximum atomic E-state index is 11.5. The van der Waals surface area contributed by atoms with Crippen LogP contribution in [0.25, 0.3) is 0 Å². The van der Waals surface area contributed by atoms with E-state index in [1.54, 1.807) is 0 Å². The number of halogens is 1. The summed E-state index contributed by atoms with van der Waals surface area (Å²) in [6.07, 6.45) is -0.529. The predicted molar refractivity (Wildman–Crippen MR) is 69.9 cm³/mol. The second-order valence-corrected chi connectivity index (χ2v) is 5.03. The maximum absolute atomic E-state index is 11.5. The zero-order chi connectivity index (χ0) is 12.8. The van der Waals surface area contributed by atoms with Crippen molar-refractivity contribution in [1.29, 1.82) is 0 Å². The van der Waals surface area contributed by atoms with E-state index in [0.29, 0.717) is 6.61 Å². The molecule has 3 N–H and O–H groups in total. The Bertz CT molecular complexity index is 383. The van der Waals surface area contributed by atoms with E-state index in [2.05, 4.69) is 21.4 Å². The molecule has 0 fully saturated rings. The van der Waals surface area contributed by atoms with E-state index in [1.165, 1.54) is 0 Å². The summed E-state index contributed by atoms with van der Waals surface area (Å²) in [6, 6.07) is 7.77. The van der Waals surface area contributed by atoms with Gasteiger partial charge >= 0.3 is 0 Å². The first-order valence-electron chi connectivity index (χ1n) is 5.41. The Morgan fingerprint density at radius 2 is 2.24 bits per heavy atom. The lowest BCUT2D eigenvalue weighted by atomic mass is 10.1. The van der Waals surface area contributed by atoms with Gasteiger partial charge in [0.05, 0.1) is 6.61 Å². The van der Waals surface area contributed by atoms with Crippen LogP contribution in [0.1, 0.15) is 19.4 Å². The van der Waals surface area contributed by atoms with Crippen molar-refractivity contribution in [2.75, 3.05) is 0 Å². The van der Waals surface area contributed by atoms with Crippen molar-refractivity contribution in [2.24, 2.45) is 11.8 Å². The predicted octanol–water partition coefficient (Wildman–Crippen LogP) is 1.98. The fourth-order valence-corrected chi connectivity index (χ4v) is 1.91. The molecule has 0 bridgehead atoms. The molecule has 0 aromatic heterocycles. The lowest BCUT2D eigenvalue weighted by molar-refractivity contribution is -0.136. The molecule has 5 heteroatoms. The number of hydrazine groups is 1. The molecule has 0 radical (unpaired) electrons. The summed E-state index contributed by atoms with van der Waals surface area (Å²) in [7, 11) is 0. The van der Waals surface area contributed by atoms with Crippen LogP contribution >= 0.6 is 15.9 Å². The van der Waals surface area contributed by atoms with E-state index < -0.39 is 6.10 Å². The molecule has 0 aliphatic rings. The third-order valence-corrected chi connectivity index (χ3v) is 2.82. The number of nitrogens with one attached hydrogen (secondary N) is 1. The van der Waals surface area contributed by atoms with Crippen LogP contribution in [0.15, 0.2) is 28.7 Å². The minimum Gasteiger partial charge on any atom is -0.363 e. The zero-order valence-corrected chi connectivity index (χ0v) is 11.5. The maximum Gasteiger partial charge on any atom is 0.263 e. The first-order chi connectivity index (χ1) is 8.04. The first-order valence-corrected chi connectivity index (χ1v) is 6.20. The molecule has 4 nitrogen and oxygen atoms in total. The molecule has 0 aliphatic carbocycles. The molecule has 0 saturated carbocycles. The number of hydrogen-bond acceptors (Lipinski definition) is 3. The Morgan fingerprint density at radius 1 is 1.53 bits per heavy atom. The largest absolute Gasteiger partial charge is 0.363 e. The molecule has 0 saturated heterocycles. The van der Waals surface area contributed by atoms with Gasteiger partial charge < -0.3 is 4.74 Å². The SMILES string of the molecule is CC(C)C(OCc1cccc(Br)c1)C(=O)NN. The standard InChI is InChI=1S/C12H17BrN2O2/c1-8(2)11(12(16)15-14)17-7-9-4-3-5-10(13)6-9/h3-6,8,11H,7,14H2,1-2H3,(H,15,16). The third-order valence-electron chi connectivity index (χ3n) is 2.32. The molecule has 1 aromatic rings. The second kappa shape index (κ2) is 6.74. The highest BCUT2D eigenvalue weighted by molar-refractivity contribution is 9.10. The van der Waals surface area contributed by atoms with Gasteiger partial charge in [-0.1, -0.05) is 41.9 Å². The summed E-state index contributed by atoms with van der Waals surface area (Å²) < 4.78 is 6.57. The number of benzene rings is 1. The monoisotopic (exact) mass is 300 g/mol. The quantitative estimate of drug-likeness (QED) is 0.496. The van der Waals surface area contributed by atoms with Crippen LogP contribution in [0.2, 0.25) is 0 Å². The van der Waals surface area contributed by atoms with E-state index in [4.69, 9.17) is 10.6 Å². The van der Waals surface area contributed by atoms with Crippen molar-refractivity contribution in [3.63, 3.8) is 0 Å². The van der Waals surface area contributed by atoms with Gasteiger partial charge in [-0.3, -0.25) is 10.2 Å². The zero-order valence-electron chi connectivity index (χ0n) is 9.94. The average Bonchev–Trinajstić information content (AvgIpc) is 2.28. The first kappa shape index (κ1) is 14.2. The Morgan fingerprint density at radius 3 is 2.76 bits per heavy atom. The lowest BCUT2D eigenvalue weighted by Gasteiger charge is -2.19. The summed E-state index contributed by atoms with van der Waals surface area (Å²) >= 11 is 3.39. The molecule has 0 aliphatic heterocycles. The summed E-state index contributed by atoms with van der Waals surface area (Å²) in [5.41, 5.74) is 3.13. The smallest absolute Gasteiger partial charge is 0.263 e. The van der Waals surface area contributed by atoms with Crippen molar-refractivity contribution in [1.82, 2.24) is 5.43 Å². The van der Waals surface area contributed by atoms with E-state index in [0.717, 1.165) is 10.0 Å². The van der Waals surface area contributed by atoms with Crippen molar-refractivity contribution < 1.29 is 9.53 Å². The van der Waals surface area contributed by atoms with E-state index in [-0.39, 0.29) is 11.8 Å². The van der Waals surface area contributed by atoms with Crippen LogP contribution in [0.5, 0.6) is 0 Å². The van der Waals surface area contributed by atoms with Crippen LogP contribution in [0.3, 0.4) is 0 Å². The molecule has 1 unspecified atom stereocenters. The summed E-state index contributed by atoms with van der Waals surface area (Å²) in [5, 5.41) is 0. The number of rotatable bonds is 5. The molecular weight excluding hydrogens is 284 g/mol. The van der Waals surface area contributed by atoms with Crippen LogP contribution in [0, 0.1) is 5.92 Å². The van der Waals surface area contributed by atoms with Gasteiger partial charge in [0.1, 0.15) is 6.10 Å². The number of ether oxygens (including phenoxy) is 1. The molecule has 1 aromatic carbocycles. The number of carbonyl (C=O) groups excluding carboxylic acids is 1. The van der Waals surface area contributed by atoms with Gasteiger partial charge in [0.15, 0.2) is 0 Å². The van der Waals surface area contributed by atoms with Gasteiger partial charge in [-0.05, 0) is 23.6 Å². The van der Waals surface area contributed by atoms with Gasteiger partial charge in [-0.15, -0.1) is 0 Å². The van der Waals surface area contributed by atoms with E-state index >= 15 is 0 Å². The molecule has 0 heterocycles. The van der Waals surface area contributed by atoms with Crippen LogP contribution in [-0.2, 0) is 16.1 Å². The summed E-state index contributed by atoms with van der Waals surface area (Å²) in [4.78, 5) is 11.5. The van der Waals surface area contributed by atoms with E-state index in [1.807, 2.05) is 38.1 Å². The lowest BCUT2D eigenvalue weighted by Crippen LogP contribution is -2.43. The second-order valence-electron chi connectivity index (χ2n) is 4.11. The van der Waals surface area contributed by atoms with Gasteiger partial charge in [-0.2, -0.15) is 0 Å². The minimum absolute atomic E-state index is 0.0747. The molecule has 94 valence electrons. The number of amides is 1. The van der Waals surface area contributed by atoms with Crippen molar-refractivity contribution in [3.8, 4) is 0 Å². The molecule has 17 heavy (non-hydrogen) atoms. The van der Waals surface area contributed by atoms with E-state index in [9.17, 15) is 4.79 Å². The van der Waals surface area contributed by atoms with Crippen molar-refractivity contribution in [2.45, 2.75) is 26.6 Å². The highest BCUT2D eigenvalue weighted by Gasteiger charge is 2.21. The fourth-order valence-electron chi connectivity index (χ4n) is 1.47. The Balaban J connectivity index is 2.61. The van der Waals surface area contributed by atoms with Crippen molar-refractivity contribution >= 4 is 21.8 Å². The van der Waals surface area contributed by atoms with Gasteiger partial charge in [-0.25, -0.2) is 5.84 Å². The summed E-state index contributed by atoms with van der Waals surface area (Å²) in [6.45, 7) is 4.22. The number of nitrogens with two attached hydrogens (primary N) is 1.